The first-order valence-electron chi connectivity index (χ1n) is 9.26. The van der Waals surface area contributed by atoms with Gasteiger partial charge < -0.3 is 15.2 Å². The third-order valence-corrected chi connectivity index (χ3v) is 5.66. The van der Waals surface area contributed by atoms with Crippen molar-refractivity contribution in [3.63, 3.8) is 0 Å². The van der Waals surface area contributed by atoms with Gasteiger partial charge in [-0.25, -0.2) is 4.79 Å². The van der Waals surface area contributed by atoms with Gasteiger partial charge in [-0.2, -0.15) is 5.26 Å². The van der Waals surface area contributed by atoms with Crippen LogP contribution in [0, 0.1) is 18.3 Å². The molecule has 1 unspecified atom stereocenters. The first-order valence-corrected chi connectivity index (χ1v) is 10.1. The number of ether oxygens (including phenoxy) is 2. The lowest BCUT2D eigenvalue weighted by Crippen LogP contribution is -2.20. The number of aryl methyl sites for hydroxylation is 1. The summed E-state index contributed by atoms with van der Waals surface area (Å²) in [7, 11) is 0. The number of nitrogens with zero attached hydrogens (tertiary/aromatic N) is 1. The maximum absolute atomic E-state index is 12.2. The van der Waals surface area contributed by atoms with Crippen LogP contribution in [0.15, 0.2) is 77.5 Å². The number of thiophene rings is 1. The smallest absolute Gasteiger partial charge is 0.336 e. The van der Waals surface area contributed by atoms with Gasteiger partial charge in [0.15, 0.2) is 0 Å². The van der Waals surface area contributed by atoms with E-state index in [2.05, 4.69) is 6.07 Å². The van der Waals surface area contributed by atoms with Gasteiger partial charge in [-0.15, -0.1) is 11.3 Å². The Kier molecular flexibility index (Phi) is 5.38. The van der Waals surface area contributed by atoms with E-state index in [1.54, 1.807) is 35.6 Å². The van der Waals surface area contributed by atoms with E-state index in [0.29, 0.717) is 17.1 Å². The predicted molar refractivity (Wildman–Crippen MR) is 116 cm³/mol. The molecule has 4 rings (SSSR count). The van der Waals surface area contributed by atoms with Crippen LogP contribution >= 0.6 is 11.3 Å². The Hall–Kier alpha value is -3.82. The minimum Gasteiger partial charge on any atom is -0.440 e. The summed E-state index contributed by atoms with van der Waals surface area (Å²) in [6, 6.07) is 19.0. The molecule has 148 valence electrons. The molecule has 0 amide bonds. The lowest BCUT2D eigenvalue weighted by atomic mass is 9.88. The molecule has 0 spiro atoms. The minimum absolute atomic E-state index is 0.0612. The fourth-order valence-electron chi connectivity index (χ4n) is 3.24. The molecule has 0 radical (unpaired) electrons. The zero-order valence-electron chi connectivity index (χ0n) is 16.2. The molecule has 0 aliphatic carbocycles. The van der Waals surface area contributed by atoms with Crippen LogP contribution in [0.25, 0.3) is 6.08 Å². The Labute approximate surface area is 178 Å². The molecule has 2 N–H and O–H groups in total. The first kappa shape index (κ1) is 19.5. The van der Waals surface area contributed by atoms with E-state index in [9.17, 15) is 10.1 Å². The van der Waals surface area contributed by atoms with E-state index in [0.717, 1.165) is 21.6 Å². The zero-order chi connectivity index (χ0) is 21.1. The van der Waals surface area contributed by atoms with Gasteiger partial charge in [-0.05, 0) is 36.1 Å². The number of carbonyl (C=O) groups excluding carboxylic acids is 1. The predicted octanol–water partition coefficient (Wildman–Crippen LogP) is 4.89. The Balaban J connectivity index is 1.56. The average molecular weight is 414 g/mol. The highest BCUT2D eigenvalue weighted by molar-refractivity contribution is 7.10. The minimum atomic E-state index is -0.498. The summed E-state index contributed by atoms with van der Waals surface area (Å²) in [5.41, 5.74) is 9.23. The summed E-state index contributed by atoms with van der Waals surface area (Å²) >= 11 is 1.54. The molecule has 0 saturated carbocycles. The van der Waals surface area contributed by atoms with Crippen molar-refractivity contribution in [1.82, 2.24) is 0 Å². The molecular formula is C24H18N2O3S. The molecule has 1 atom stereocenters. The van der Waals surface area contributed by atoms with Crippen molar-refractivity contribution in [3.05, 3.63) is 99.1 Å². The lowest BCUT2D eigenvalue weighted by molar-refractivity contribution is -0.128. The van der Waals surface area contributed by atoms with E-state index in [4.69, 9.17) is 15.2 Å². The maximum atomic E-state index is 12.2. The zero-order valence-corrected chi connectivity index (χ0v) is 17.0. The number of hydrogen-bond donors (Lipinski definition) is 1. The molecular weight excluding hydrogens is 396 g/mol. The summed E-state index contributed by atoms with van der Waals surface area (Å²) in [6.07, 6.45) is 3.07. The molecule has 0 saturated heterocycles. The first-order chi connectivity index (χ1) is 14.5. The molecule has 30 heavy (non-hydrogen) atoms. The molecule has 1 aliphatic rings. The van der Waals surface area contributed by atoms with Gasteiger partial charge in [-0.3, -0.25) is 0 Å². The lowest BCUT2D eigenvalue weighted by Gasteiger charge is -2.25. The van der Waals surface area contributed by atoms with Gasteiger partial charge in [0.05, 0.1) is 5.92 Å². The summed E-state index contributed by atoms with van der Waals surface area (Å²) in [6.45, 7) is 2.00. The van der Waals surface area contributed by atoms with Gasteiger partial charge in [0.1, 0.15) is 23.1 Å². The maximum Gasteiger partial charge on any atom is 0.336 e. The molecule has 1 aliphatic heterocycles. The number of hydrogen-bond acceptors (Lipinski definition) is 6. The highest BCUT2D eigenvalue weighted by atomic mass is 32.1. The van der Waals surface area contributed by atoms with Crippen LogP contribution in [0.5, 0.6) is 11.5 Å². The molecule has 1 aromatic heterocycles. The van der Waals surface area contributed by atoms with E-state index in [1.165, 1.54) is 6.08 Å². The van der Waals surface area contributed by atoms with Gasteiger partial charge in [-0.1, -0.05) is 42.0 Å². The third-order valence-electron chi connectivity index (χ3n) is 4.73. The Bertz CT molecular complexity index is 1190. The average Bonchev–Trinajstić information content (AvgIpc) is 3.26. The number of benzene rings is 2. The molecule has 5 nitrogen and oxygen atoms in total. The fourth-order valence-corrected chi connectivity index (χ4v) is 4.09. The van der Waals surface area contributed by atoms with E-state index in [-0.39, 0.29) is 11.8 Å². The number of fused-ring (bicyclic) bond motifs is 1. The molecule has 0 fully saturated rings. The highest BCUT2D eigenvalue weighted by Crippen LogP contribution is 2.44. The second-order valence-corrected chi connectivity index (χ2v) is 7.78. The summed E-state index contributed by atoms with van der Waals surface area (Å²) in [5.74, 6) is 0.0709. The molecule has 0 bridgehead atoms. The molecule has 2 heterocycles. The van der Waals surface area contributed by atoms with Crippen molar-refractivity contribution in [2.45, 2.75) is 12.8 Å². The number of nitriles is 1. The van der Waals surface area contributed by atoms with E-state index < -0.39 is 5.97 Å². The Morgan fingerprint density at radius 2 is 2.03 bits per heavy atom. The van der Waals surface area contributed by atoms with Crippen LogP contribution in [0.3, 0.4) is 0 Å². The molecule has 3 aromatic rings. The van der Waals surface area contributed by atoms with Gasteiger partial charge in [0.2, 0.25) is 5.88 Å². The quantitative estimate of drug-likeness (QED) is 0.373. The van der Waals surface area contributed by atoms with Crippen LogP contribution in [0.4, 0.5) is 0 Å². The molecule has 6 heteroatoms. The SMILES string of the molecule is Cc1ccc(/C=C/C(=O)Oc2ccc3c(c2)OC(N)=C(C#N)C3c2cccs2)cc1. The highest BCUT2D eigenvalue weighted by Gasteiger charge is 2.31. The Morgan fingerprint density at radius 3 is 2.73 bits per heavy atom. The van der Waals surface area contributed by atoms with Crippen LogP contribution in [0.2, 0.25) is 0 Å². The monoisotopic (exact) mass is 414 g/mol. The van der Waals surface area contributed by atoms with Crippen molar-refractivity contribution < 1.29 is 14.3 Å². The third kappa shape index (κ3) is 3.97. The number of esters is 1. The fraction of sp³-hybridized carbons (Fsp3) is 0.0833. The van der Waals surface area contributed by atoms with Crippen molar-refractivity contribution in [2.75, 3.05) is 0 Å². The number of rotatable bonds is 4. The summed E-state index contributed by atoms with van der Waals surface area (Å²) in [5, 5.41) is 11.5. The summed E-state index contributed by atoms with van der Waals surface area (Å²) < 4.78 is 11.1. The van der Waals surface area contributed by atoms with Gasteiger partial charge >= 0.3 is 5.97 Å². The molecule has 2 aromatic carbocycles. The second kappa shape index (κ2) is 8.27. The van der Waals surface area contributed by atoms with E-state index in [1.807, 2.05) is 48.7 Å². The standard InChI is InChI=1S/C24H18N2O3S/c1-15-4-6-16(7-5-15)8-11-22(27)28-17-9-10-18-20(13-17)29-24(26)19(14-25)23(18)21-3-2-12-30-21/h2-13,23H,26H2,1H3/b11-8+. The Morgan fingerprint density at radius 1 is 1.23 bits per heavy atom. The second-order valence-electron chi connectivity index (χ2n) is 6.80. The van der Waals surface area contributed by atoms with Crippen molar-refractivity contribution in [1.29, 1.82) is 5.26 Å². The van der Waals surface area contributed by atoms with Crippen LogP contribution < -0.4 is 15.2 Å². The normalized spacial score (nSPS) is 15.4. The largest absolute Gasteiger partial charge is 0.440 e. The van der Waals surface area contributed by atoms with Crippen LogP contribution in [-0.4, -0.2) is 5.97 Å². The van der Waals surface area contributed by atoms with Crippen molar-refractivity contribution in [3.8, 4) is 17.6 Å². The van der Waals surface area contributed by atoms with Crippen LogP contribution in [-0.2, 0) is 4.79 Å². The van der Waals surface area contributed by atoms with Crippen LogP contribution in [0.1, 0.15) is 27.5 Å². The number of nitrogens with two attached hydrogens (primary N) is 1. The number of carbonyl (C=O) groups is 1. The van der Waals surface area contributed by atoms with Gasteiger partial charge in [0, 0.05) is 22.6 Å². The van der Waals surface area contributed by atoms with Gasteiger partial charge in [0.25, 0.3) is 0 Å². The van der Waals surface area contributed by atoms with E-state index >= 15 is 0 Å². The topological polar surface area (TPSA) is 85.3 Å². The number of allylic oxidation sites excluding steroid dienone is 1. The van der Waals surface area contributed by atoms with Crippen molar-refractivity contribution in [2.24, 2.45) is 5.73 Å². The van der Waals surface area contributed by atoms with Crippen molar-refractivity contribution >= 4 is 23.4 Å². The summed E-state index contributed by atoms with van der Waals surface area (Å²) in [4.78, 5) is 13.2.